The Balaban J connectivity index is 1.37. The molecule has 0 saturated carbocycles. The highest BCUT2D eigenvalue weighted by Crippen LogP contribution is 2.33. The molecule has 0 aromatic heterocycles. The maximum absolute atomic E-state index is 13.4. The Labute approximate surface area is 550 Å². The van der Waals surface area contributed by atoms with Gasteiger partial charge in [0.1, 0.15) is 73.2 Å². The molecular weight excluding hydrogens is 1180 g/mol. The summed E-state index contributed by atoms with van der Waals surface area (Å²) in [5, 5.41) is 120. The molecule has 526 valence electrons. The van der Waals surface area contributed by atoms with Gasteiger partial charge < -0.3 is 89.9 Å². The van der Waals surface area contributed by atoms with E-state index in [1.165, 1.54) is 44.9 Å². The standard InChI is InChI=1S/C73H121NO18/c1-3-5-7-9-11-13-15-17-18-19-20-21-22-23-24-25-26-27-28-29-30-31-32-33-34-35-36-37-38-39-41-43-45-47-49-51-61(79)74-56(57(78)50-48-46-44-42-40-16-14-12-10-8-6-4-2)55-87-71-67(85)64(82)69(59(53-76)89-71)92-73-68(86)65(83)70(60(54-77)90-73)91-72-66(84)63(81)62(80)58(52-75)88-72/h5,7,11,13,17-18,20-21,23-24,26-27,29-30,32-33,35-36,48,50,56-60,62-73,75-78,80-86H,3-4,6,8-10,12,14-16,19,22,25,28,31,34,37-47,49,51-55H2,1-2H3,(H,74,79)/b7-5-,13-11-,18-17-,21-20-,24-23-,27-26-,30-29-,33-32-,36-35-,50-48+. The molecule has 0 aliphatic carbocycles. The van der Waals surface area contributed by atoms with Crippen LogP contribution in [0.1, 0.15) is 200 Å². The average molecular weight is 1300 g/mol. The van der Waals surface area contributed by atoms with Crippen molar-refractivity contribution in [1.82, 2.24) is 5.32 Å². The minimum Gasteiger partial charge on any atom is -0.394 e. The monoisotopic (exact) mass is 1300 g/mol. The van der Waals surface area contributed by atoms with Gasteiger partial charge in [0.15, 0.2) is 18.9 Å². The first kappa shape index (κ1) is 82.4. The lowest BCUT2D eigenvalue weighted by Gasteiger charge is -2.48. The molecule has 3 fully saturated rings. The summed E-state index contributed by atoms with van der Waals surface area (Å²) >= 11 is 0. The first-order valence-electron chi connectivity index (χ1n) is 34.8. The summed E-state index contributed by atoms with van der Waals surface area (Å²) in [7, 11) is 0. The van der Waals surface area contributed by atoms with Crippen molar-refractivity contribution >= 4 is 5.91 Å². The molecule has 0 spiro atoms. The summed E-state index contributed by atoms with van der Waals surface area (Å²) in [5.41, 5.74) is 0. The molecule has 0 aromatic carbocycles. The highest BCUT2D eigenvalue weighted by molar-refractivity contribution is 5.76. The van der Waals surface area contributed by atoms with Gasteiger partial charge in [-0.1, -0.05) is 225 Å². The van der Waals surface area contributed by atoms with Crippen molar-refractivity contribution < 1.29 is 89.4 Å². The fourth-order valence-corrected chi connectivity index (χ4v) is 10.9. The smallest absolute Gasteiger partial charge is 0.220 e. The van der Waals surface area contributed by atoms with Crippen LogP contribution in [0, 0.1) is 0 Å². The second kappa shape index (κ2) is 53.3. The fourth-order valence-electron chi connectivity index (χ4n) is 10.9. The van der Waals surface area contributed by atoms with Gasteiger partial charge in [-0.3, -0.25) is 4.79 Å². The largest absolute Gasteiger partial charge is 0.394 e. The number of nitrogens with one attached hydrogen (secondary N) is 1. The number of carbonyl (C=O) groups excluding carboxylic acids is 1. The van der Waals surface area contributed by atoms with Gasteiger partial charge in [-0.05, 0) is 89.9 Å². The second-order valence-corrected chi connectivity index (χ2v) is 24.3. The number of rotatable bonds is 51. The molecule has 0 aromatic rings. The van der Waals surface area contributed by atoms with E-state index >= 15 is 0 Å². The molecule has 17 unspecified atom stereocenters. The Bertz CT molecular complexity index is 2140. The summed E-state index contributed by atoms with van der Waals surface area (Å²) < 4.78 is 34.3. The second-order valence-electron chi connectivity index (χ2n) is 24.3. The van der Waals surface area contributed by atoms with Crippen molar-refractivity contribution in [2.45, 2.75) is 304 Å². The molecule has 12 N–H and O–H groups in total. The van der Waals surface area contributed by atoms with E-state index in [0.717, 1.165) is 128 Å². The van der Waals surface area contributed by atoms with Crippen molar-refractivity contribution in [2.75, 3.05) is 26.4 Å². The SMILES string of the molecule is CC/C=C\C/C=C\C/C=C\C/C=C\C/C=C\C/C=C\C/C=C\C/C=C\C/C=C\CCCCCCCCCC(=O)NC(COC1OC(CO)C(OC2OC(CO)C(OC3OC(CO)C(O)C(O)C3O)C(O)C2O)C(O)C1O)C(O)/C=C/CCCCCCCCCCCC. The molecule has 3 aliphatic heterocycles. The van der Waals surface area contributed by atoms with Gasteiger partial charge in [0.05, 0.1) is 38.6 Å². The number of hydrogen-bond donors (Lipinski definition) is 12. The van der Waals surface area contributed by atoms with E-state index in [2.05, 4.69) is 129 Å². The Morgan fingerprint density at radius 1 is 0.402 bits per heavy atom. The predicted molar refractivity (Wildman–Crippen MR) is 360 cm³/mol. The summed E-state index contributed by atoms with van der Waals surface area (Å²) in [6, 6.07) is -0.987. The summed E-state index contributed by atoms with van der Waals surface area (Å²) in [6.45, 7) is 1.57. The van der Waals surface area contributed by atoms with E-state index in [-0.39, 0.29) is 18.9 Å². The Morgan fingerprint density at radius 3 is 1.17 bits per heavy atom. The van der Waals surface area contributed by atoms with Crippen molar-refractivity contribution in [1.29, 1.82) is 0 Å². The van der Waals surface area contributed by atoms with Crippen LogP contribution in [0.2, 0.25) is 0 Å². The summed E-state index contributed by atoms with van der Waals surface area (Å²) in [6.07, 6.45) is 46.1. The number of aliphatic hydroxyl groups excluding tert-OH is 11. The van der Waals surface area contributed by atoms with Crippen LogP contribution in [0.5, 0.6) is 0 Å². The third-order valence-electron chi connectivity index (χ3n) is 16.5. The number of amides is 1. The maximum Gasteiger partial charge on any atom is 0.220 e. The molecule has 1 amide bonds. The van der Waals surface area contributed by atoms with E-state index < -0.39 is 124 Å². The topological polar surface area (TPSA) is 307 Å². The maximum atomic E-state index is 13.4. The zero-order valence-electron chi connectivity index (χ0n) is 55.5. The molecule has 0 radical (unpaired) electrons. The van der Waals surface area contributed by atoms with E-state index in [1.807, 2.05) is 6.08 Å². The van der Waals surface area contributed by atoms with Crippen molar-refractivity contribution in [2.24, 2.45) is 0 Å². The lowest BCUT2D eigenvalue weighted by Crippen LogP contribution is -2.66. The first-order valence-corrected chi connectivity index (χ1v) is 34.8. The van der Waals surface area contributed by atoms with Gasteiger partial charge in [-0.15, -0.1) is 0 Å². The number of hydrogen-bond acceptors (Lipinski definition) is 18. The van der Waals surface area contributed by atoms with Crippen LogP contribution in [0.15, 0.2) is 122 Å². The quantitative estimate of drug-likeness (QED) is 0.0199. The average Bonchev–Trinajstić information content (AvgIpc) is 0.830. The third kappa shape index (κ3) is 34.7. The Morgan fingerprint density at radius 2 is 0.750 bits per heavy atom. The lowest BCUT2D eigenvalue weighted by molar-refractivity contribution is -0.379. The number of carbonyl (C=O) groups is 1. The number of aliphatic hydroxyl groups is 11. The van der Waals surface area contributed by atoms with Gasteiger partial charge >= 0.3 is 0 Å². The number of allylic oxidation sites excluding steroid dienone is 19. The van der Waals surface area contributed by atoms with Crippen LogP contribution in [0.4, 0.5) is 0 Å². The summed E-state index contributed by atoms with van der Waals surface area (Å²) in [4.78, 5) is 13.4. The van der Waals surface area contributed by atoms with Gasteiger partial charge in [0, 0.05) is 6.42 Å². The highest BCUT2D eigenvalue weighted by Gasteiger charge is 2.53. The van der Waals surface area contributed by atoms with E-state index in [0.29, 0.717) is 6.42 Å². The molecular formula is C73H121NO18. The third-order valence-corrected chi connectivity index (χ3v) is 16.5. The zero-order valence-corrected chi connectivity index (χ0v) is 55.5. The molecule has 3 aliphatic rings. The van der Waals surface area contributed by atoms with Crippen LogP contribution < -0.4 is 5.32 Å². The minimum atomic E-state index is -1.98. The van der Waals surface area contributed by atoms with Crippen LogP contribution in [0.3, 0.4) is 0 Å². The predicted octanol–water partition coefficient (Wildman–Crippen LogP) is 9.21. The van der Waals surface area contributed by atoms with Crippen LogP contribution in [0.25, 0.3) is 0 Å². The van der Waals surface area contributed by atoms with Crippen molar-refractivity contribution in [3.63, 3.8) is 0 Å². The first-order chi connectivity index (χ1) is 44.8. The van der Waals surface area contributed by atoms with E-state index in [4.69, 9.17) is 28.4 Å². The van der Waals surface area contributed by atoms with Gasteiger partial charge in [0.2, 0.25) is 5.91 Å². The van der Waals surface area contributed by atoms with Crippen LogP contribution in [-0.2, 0) is 33.2 Å². The molecule has 19 nitrogen and oxygen atoms in total. The molecule has 3 saturated heterocycles. The van der Waals surface area contributed by atoms with Crippen LogP contribution >= 0.6 is 0 Å². The highest BCUT2D eigenvalue weighted by atomic mass is 16.8. The molecule has 0 bridgehead atoms. The zero-order chi connectivity index (χ0) is 66.8. The van der Waals surface area contributed by atoms with Gasteiger partial charge in [-0.25, -0.2) is 0 Å². The lowest BCUT2D eigenvalue weighted by atomic mass is 9.96. The molecule has 17 atom stereocenters. The summed E-state index contributed by atoms with van der Waals surface area (Å²) in [5.74, 6) is -0.294. The Hall–Kier alpha value is -3.81. The molecule has 3 rings (SSSR count). The van der Waals surface area contributed by atoms with Gasteiger partial charge in [-0.2, -0.15) is 0 Å². The molecule has 19 heteroatoms. The number of unbranched alkanes of at least 4 members (excludes halogenated alkanes) is 17. The van der Waals surface area contributed by atoms with Crippen LogP contribution in [-0.4, -0.2) is 193 Å². The molecule has 92 heavy (non-hydrogen) atoms. The van der Waals surface area contributed by atoms with E-state index in [9.17, 15) is 61.0 Å². The van der Waals surface area contributed by atoms with Crippen molar-refractivity contribution in [3.05, 3.63) is 122 Å². The Kier molecular flexibility index (Phi) is 47.8. The van der Waals surface area contributed by atoms with Crippen molar-refractivity contribution in [3.8, 4) is 0 Å². The minimum absolute atomic E-state index is 0.222. The van der Waals surface area contributed by atoms with Gasteiger partial charge in [0.25, 0.3) is 0 Å². The normalized spacial score (nSPS) is 28.5. The molecule has 3 heterocycles. The fraction of sp³-hybridized carbons (Fsp3) is 0.712. The number of ether oxygens (including phenoxy) is 6. The van der Waals surface area contributed by atoms with E-state index in [1.54, 1.807) is 6.08 Å².